The van der Waals surface area contributed by atoms with Gasteiger partial charge in [0.15, 0.2) is 0 Å². The summed E-state index contributed by atoms with van der Waals surface area (Å²) in [4.78, 5) is 19.1. The lowest BCUT2D eigenvalue weighted by molar-refractivity contribution is 0.102. The van der Waals surface area contributed by atoms with Crippen LogP contribution in [0.15, 0.2) is 24.8 Å². The second-order valence-electron chi connectivity index (χ2n) is 2.67. The number of anilines is 1. The Morgan fingerprint density at radius 1 is 1.33 bits per heavy atom. The number of halogens is 1. The lowest BCUT2D eigenvalue weighted by Gasteiger charge is -2.00. The zero-order chi connectivity index (χ0) is 10.7. The highest BCUT2D eigenvalue weighted by molar-refractivity contribution is 6.29. The first-order valence-corrected chi connectivity index (χ1v) is 4.41. The number of carbonyl (C=O) groups excluding carboxylic acids is 1. The van der Waals surface area contributed by atoms with E-state index in [4.69, 9.17) is 11.6 Å². The number of aromatic amines is 1. The van der Waals surface area contributed by atoms with Gasteiger partial charge in [0, 0.05) is 6.20 Å². The number of rotatable bonds is 2. The predicted molar refractivity (Wildman–Crippen MR) is 53.6 cm³/mol. The fraction of sp³-hybridized carbons (Fsp3) is 0. The minimum atomic E-state index is -0.361. The molecule has 0 bridgehead atoms. The number of nitrogens with one attached hydrogen (secondary N) is 2. The van der Waals surface area contributed by atoms with Gasteiger partial charge in [0.1, 0.15) is 10.8 Å². The SMILES string of the molecule is O=C(Nc1cn[nH]c1)c1cnc(Cl)cn1. The molecule has 0 unspecified atom stereocenters. The van der Waals surface area contributed by atoms with E-state index in [-0.39, 0.29) is 16.8 Å². The van der Waals surface area contributed by atoms with Crippen LogP contribution in [-0.4, -0.2) is 26.1 Å². The predicted octanol–water partition coefficient (Wildman–Crippen LogP) is 1.11. The Morgan fingerprint density at radius 2 is 2.20 bits per heavy atom. The van der Waals surface area contributed by atoms with Gasteiger partial charge in [-0.15, -0.1) is 0 Å². The zero-order valence-electron chi connectivity index (χ0n) is 7.44. The van der Waals surface area contributed by atoms with Crippen molar-refractivity contribution in [2.45, 2.75) is 0 Å². The number of nitrogens with zero attached hydrogens (tertiary/aromatic N) is 3. The summed E-state index contributed by atoms with van der Waals surface area (Å²) >= 11 is 5.54. The van der Waals surface area contributed by atoms with Crippen LogP contribution in [0.4, 0.5) is 5.69 Å². The van der Waals surface area contributed by atoms with Crippen molar-refractivity contribution in [1.29, 1.82) is 0 Å². The van der Waals surface area contributed by atoms with Crippen LogP contribution in [0.3, 0.4) is 0 Å². The summed E-state index contributed by atoms with van der Waals surface area (Å²) in [6, 6.07) is 0. The fourth-order valence-corrected chi connectivity index (χ4v) is 1.04. The molecule has 2 N–H and O–H groups in total. The molecule has 2 aromatic rings. The Balaban J connectivity index is 2.11. The molecule has 1 amide bonds. The number of amides is 1. The van der Waals surface area contributed by atoms with Gasteiger partial charge < -0.3 is 5.32 Å². The number of carbonyl (C=O) groups is 1. The van der Waals surface area contributed by atoms with E-state index in [0.717, 1.165) is 0 Å². The molecule has 0 aliphatic heterocycles. The maximum atomic E-state index is 11.5. The van der Waals surface area contributed by atoms with Crippen LogP contribution >= 0.6 is 11.6 Å². The maximum absolute atomic E-state index is 11.5. The molecule has 0 aliphatic rings. The van der Waals surface area contributed by atoms with E-state index in [2.05, 4.69) is 25.5 Å². The third-order valence-electron chi connectivity index (χ3n) is 1.61. The number of hydrogen-bond acceptors (Lipinski definition) is 4. The second-order valence-corrected chi connectivity index (χ2v) is 3.05. The normalized spacial score (nSPS) is 9.93. The topological polar surface area (TPSA) is 83.6 Å². The molecule has 2 rings (SSSR count). The molecule has 76 valence electrons. The molecule has 15 heavy (non-hydrogen) atoms. The van der Waals surface area contributed by atoms with Crippen LogP contribution in [-0.2, 0) is 0 Å². The van der Waals surface area contributed by atoms with E-state index in [9.17, 15) is 4.79 Å². The average molecular weight is 224 g/mol. The standard InChI is InChI=1S/C8H6ClN5O/c9-7-4-10-6(3-11-7)8(15)14-5-1-12-13-2-5/h1-4H,(H,12,13)(H,14,15). The molecule has 6 nitrogen and oxygen atoms in total. The van der Waals surface area contributed by atoms with Crippen molar-refractivity contribution in [3.05, 3.63) is 35.6 Å². The van der Waals surface area contributed by atoms with Gasteiger partial charge in [-0.3, -0.25) is 9.89 Å². The zero-order valence-corrected chi connectivity index (χ0v) is 8.19. The van der Waals surface area contributed by atoms with Crippen molar-refractivity contribution in [2.75, 3.05) is 5.32 Å². The van der Waals surface area contributed by atoms with Crippen LogP contribution in [0.25, 0.3) is 0 Å². The van der Waals surface area contributed by atoms with E-state index < -0.39 is 0 Å². The lowest BCUT2D eigenvalue weighted by Crippen LogP contribution is -2.13. The third kappa shape index (κ3) is 2.29. The van der Waals surface area contributed by atoms with Crippen molar-refractivity contribution in [3.8, 4) is 0 Å². The molecule has 0 saturated carbocycles. The molecule has 0 aliphatic carbocycles. The molecular formula is C8H6ClN5O. The molecule has 0 radical (unpaired) electrons. The van der Waals surface area contributed by atoms with E-state index in [1.165, 1.54) is 18.6 Å². The van der Waals surface area contributed by atoms with Crippen molar-refractivity contribution >= 4 is 23.2 Å². The second kappa shape index (κ2) is 4.05. The van der Waals surface area contributed by atoms with Crippen LogP contribution in [0, 0.1) is 0 Å². The summed E-state index contributed by atoms with van der Waals surface area (Å²) in [6.45, 7) is 0. The van der Waals surface area contributed by atoms with Crippen LogP contribution in [0.5, 0.6) is 0 Å². The quantitative estimate of drug-likeness (QED) is 0.799. The number of hydrogen-bond donors (Lipinski definition) is 2. The van der Waals surface area contributed by atoms with Gasteiger partial charge in [0.05, 0.1) is 24.3 Å². The molecule has 0 fully saturated rings. The number of aromatic nitrogens is 4. The minimum absolute atomic E-state index is 0.195. The van der Waals surface area contributed by atoms with E-state index in [0.29, 0.717) is 5.69 Å². The molecule has 0 spiro atoms. The Hall–Kier alpha value is -1.95. The van der Waals surface area contributed by atoms with Crippen molar-refractivity contribution in [3.63, 3.8) is 0 Å². The van der Waals surface area contributed by atoms with E-state index in [1.54, 1.807) is 6.20 Å². The highest BCUT2D eigenvalue weighted by atomic mass is 35.5. The highest BCUT2D eigenvalue weighted by Gasteiger charge is 2.08. The summed E-state index contributed by atoms with van der Waals surface area (Å²) in [5.41, 5.74) is 0.761. The Kier molecular flexibility index (Phi) is 2.59. The maximum Gasteiger partial charge on any atom is 0.275 e. The summed E-state index contributed by atoms with van der Waals surface area (Å²) in [5.74, 6) is -0.361. The smallest absolute Gasteiger partial charge is 0.275 e. The summed E-state index contributed by atoms with van der Waals surface area (Å²) in [6.07, 6.45) is 5.66. The monoisotopic (exact) mass is 223 g/mol. The summed E-state index contributed by atoms with van der Waals surface area (Å²) < 4.78 is 0. The largest absolute Gasteiger partial charge is 0.318 e. The van der Waals surface area contributed by atoms with Gasteiger partial charge in [-0.05, 0) is 0 Å². The Morgan fingerprint density at radius 3 is 2.80 bits per heavy atom. The molecule has 0 atom stereocenters. The molecule has 2 aromatic heterocycles. The van der Waals surface area contributed by atoms with Crippen molar-refractivity contribution < 1.29 is 4.79 Å². The van der Waals surface area contributed by atoms with Gasteiger partial charge in [-0.2, -0.15) is 5.10 Å². The Bertz CT molecular complexity index is 452. The van der Waals surface area contributed by atoms with Crippen LogP contribution in [0.2, 0.25) is 5.15 Å². The third-order valence-corrected chi connectivity index (χ3v) is 1.80. The number of H-pyrrole nitrogens is 1. The van der Waals surface area contributed by atoms with Gasteiger partial charge in [-0.25, -0.2) is 9.97 Å². The average Bonchev–Trinajstić information content (AvgIpc) is 2.71. The molecule has 0 saturated heterocycles. The molecule has 7 heteroatoms. The van der Waals surface area contributed by atoms with E-state index in [1.807, 2.05) is 0 Å². The first-order valence-electron chi connectivity index (χ1n) is 4.03. The Labute approximate surface area is 89.7 Å². The van der Waals surface area contributed by atoms with Crippen LogP contribution < -0.4 is 5.32 Å². The van der Waals surface area contributed by atoms with E-state index >= 15 is 0 Å². The van der Waals surface area contributed by atoms with Crippen LogP contribution in [0.1, 0.15) is 10.5 Å². The van der Waals surface area contributed by atoms with Crippen molar-refractivity contribution in [1.82, 2.24) is 20.2 Å². The first kappa shape index (κ1) is 9.60. The lowest BCUT2D eigenvalue weighted by atomic mass is 10.4. The fourth-order valence-electron chi connectivity index (χ4n) is 0.944. The highest BCUT2D eigenvalue weighted by Crippen LogP contribution is 2.05. The van der Waals surface area contributed by atoms with Gasteiger partial charge in [-0.1, -0.05) is 11.6 Å². The van der Waals surface area contributed by atoms with Gasteiger partial charge >= 0.3 is 0 Å². The first-order chi connectivity index (χ1) is 7.25. The molecule has 0 aromatic carbocycles. The summed E-state index contributed by atoms with van der Waals surface area (Å²) in [7, 11) is 0. The van der Waals surface area contributed by atoms with Gasteiger partial charge in [0.25, 0.3) is 5.91 Å². The summed E-state index contributed by atoms with van der Waals surface area (Å²) in [5, 5.41) is 9.08. The molecule has 2 heterocycles. The minimum Gasteiger partial charge on any atom is -0.318 e. The molecular weight excluding hydrogens is 218 g/mol. The van der Waals surface area contributed by atoms with Gasteiger partial charge in [0.2, 0.25) is 0 Å². The van der Waals surface area contributed by atoms with Crippen molar-refractivity contribution in [2.24, 2.45) is 0 Å².